The van der Waals surface area contributed by atoms with Crippen LogP contribution in [-0.2, 0) is 17.4 Å². The summed E-state index contributed by atoms with van der Waals surface area (Å²) in [6.45, 7) is 3.60. The van der Waals surface area contributed by atoms with Gasteiger partial charge in [0.1, 0.15) is 5.75 Å². The van der Waals surface area contributed by atoms with Gasteiger partial charge in [-0.2, -0.15) is 13.2 Å². The van der Waals surface area contributed by atoms with Crippen molar-refractivity contribution in [1.29, 1.82) is 0 Å². The van der Waals surface area contributed by atoms with E-state index in [4.69, 9.17) is 4.74 Å². The molecule has 0 radical (unpaired) electrons. The van der Waals surface area contributed by atoms with Gasteiger partial charge in [-0.1, -0.05) is 18.2 Å². The molecule has 30 heavy (non-hydrogen) atoms. The third-order valence-electron chi connectivity index (χ3n) is 5.31. The molecule has 1 saturated heterocycles. The van der Waals surface area contributed by atoms with Gasteiger partial charge >= 0.3 is 6.18 Å². The van der Waals surface area contributed by atoms with Crippen LogP contribution in [0.2, 0.25) is 0 Å². The molecule has 3 rings (SSSR count). The maximum atomic E-state index is 12.9. The second-order valence-corrected chi connectivity index (χ2v) is 7.41. The first kappa shape index (κ1) is 22.0. The number of amides is 1. The maximum absolute atomic E-state index is 12.9. The van der Waals surface area contributed by atoms with Crippen LogP contribution in [0.5, 0.6) is 5.75 Å². The number of quaternary nitrogens is 1. The van der Waals surface area contributed by atoms with E-state index >= 15 is 0 Å². The molecule has 5 nitrogen and oxygen atoms in total. The zero-order valence-electron chi connectivity index (χ0n) is 17.0. The van der Waals surface area contributed by atoms with Crippen molar-refractivity contribution >= 4 is 11.6 Å². The molecule has 0 aliphatic carbocycles. The number of halogens is 3. The van der Waals surface area contributed by atoms with Gasteiger partial charge in [-0.05, 0) is 42.3 Å². The van der Waals surface area contributed by atoms with Crippen molar-refractivity contribution in [1.82, 2.24) is 5.32 Å². The molecular formula is C22H27F3N3O2+. The van der Waals surface area contributed by atoms with Crippen molar-refractivity contribution in [3.63, 3.8) is 0 Å². The van der Waals surface area contributed by atoms with Crippen LogP contribution >= 0.6 is 0 Å². The Morgan fingerprint density at radius 3 is 2.47 bits per heavy atom. The number of hydrogen-bond donors (Lipinski definition) is 2. The highest BCUT2D eigenvalue weighted by Gasteiger charge is 2.31. The summed E-state index contributed by atoms with van der Waals surface area (Å²) >= 11 is 0. The summed E-state index contributed by atoms with van der Waals surface area (Å²) in [7, 11) is 1.62. The molecule has 0 bridgehead atoms. The number of alkyl halides is 3. The summed E-state index contributed by atoms with van der Waals surface area (Å²) in [5.74, 6) is 0.793. The SMILES string of the molecule is COc1ccc(CCNC(=O)C[NH+]2CCN(c3cccc(C(F)(F)F)c3)CC2)cc1. The van der Waals surface area contributed by atoms with Crippen LogP contribution in [0.3, 0.4) is 0 Å². The van der Waals surface area contributed by atoms with E-state index in [2.05, 4.69) is 5.32 Å². The molecule has 0 saturated carbocycles. The summed E-state index contributed by atoms with van der Waals surface area (Å²) in [6, 6.07) is 13.2. The number of nitrogens with one attached hydrogen (secondary N) is 2. The fraction of sp³-hybridized carbons (Fsp3) is 0.409. The molecule has 2 aromatic rings. The van der Waals surface area contributed by atoms with Gasteiger partial charge in [-0.25, -0.2) is 0 Å². The number of benzene rings is 2. The van der Waals surface area contributed by atoms with Crippen LogP contribution < -0.4 is 19.9 Å². The summed E-state index contributed by atoms with van der Waals surface area (Å²) < 4.78 is 43.9. The summed E-state index contributed by atoms with van der Waals surface area (Å²) in [5, 5.41) is 2.94. The largest absolute Gasteiger partial charge is 0.497 e. The van der Waals surface area contributed by atoms with E-state index in [-0.39, 0.29) is 5.91 Å². The van der Waals surface area contributed by atoms with Gasteiger partial charge < -0.3 is 19.9 Å². The van der Waals surface area contributed by atoms with Crippen LogP contribution in [0.15, 0.2) is 48.5 Å². The first-order valence-corrected chi connectivity index (χ1v) is 10.0. The topological polar surface area (TPSA) is 46.0 Å². The molecule has 0 atom stereocenters. The first-order chi connectivity index (χ1) is 14.3. The van der Waals surface area contributed by atoms with Gasteiger partial charge in [0.15, 0.2) is 6.54 Å². The van der Waals surface area contributed by atoms with Crippen molar-refractivity contribution in [2.75, 3.05) is 51.3 Å². The van der Waals surface area contributed by atoms with E-state index < -0.39 is 11.7 Å². The number of piperazine rings is 1. The fourth-order valence-electron chi connectivity index (χ4n) is 3.56. The van der Waals surface area contributed by atoms with Crippen LogP contribution in [-0.4, -0.2) is 52.3 Å². The Balaban J connectivity index is 1.40. The summed E-state index contributed by atoms with van der Waals surface area (Å²) in [4.78, 5) is 15.3. The molecule has 1 aliphatic heterocycles. The predicted octanol–water partition coefficient (Wildman–Crippen LogP) is 1.78. The quantitative estimate of drug-likeness (QED) is 0.715. The number of ether oxygens (including phenoxy) is 1. The molecule has 0 aromatic heterocycles. The summed E-state index contributed by atoms with van der Waals surface area (Å²) in [6.07, 6.45) is -3.60. The molecule has 1 heterocycles. The van der Waals surface area contributed by atoms with Crippen molar-refractivity contribution in [2.45, 2.75) is 12.6 Å². The van der Waals surface area contributed by atoms with Crippen LogP contribution in [0.4, 0.5) is 18.9 Å². The lowest BCUT2D eigenvalue weighted by Crippen LogP contribution is -3.16. The van der Waals surface area contributed by atoms with E-state index in [1.807, 2.05) is 29.2 Å². The number of carbonyl (C=O) groups is 1. The molecule has 0 spiro atoms. The monoisotopic (exact) mass is 422 g/mol. The minimum Gasteiger partial charge on any atom is -0.497 e. The van der Waals surface area contributed by atoms with E-state index in [9.17, 15) is 18.0 Å². The Morgan fingerprint density at radius 2 is 1.83 bits per heavy atom. The van der Waals surface area contributed by atoms with Crippen LogP contribution in [0.1, 0.15) is 11.1 Å². The van der Waals surface area contributed by atoms with Crippen LogP contribution in [0.25, 0.3) is 0 Å². The Bertz CT molecular complexity index is 832. The predicted molar refractivity (Wildman–Crippen MR) is 109 cm³/mol. The van der Waals surface area contributed by atoms with Crippen LogP contribution in [0, 0.1) is 0 Å². The lowest BCUT2D eigenvalue weighted by atomic mass is 10.1. The third-order valence-corrected chi connectivity index (χ3v) is 5.31. The highest BCUT2D eigenvalue weighted by Crippen LogP contribution is 2.31. The smallest absolute Gasteiger partial charge is 0.416 e. The Hall–Kier alpha value is -2.74. The van der Waals surface area contributed by atoms with Gasteiger partial charge in [0.25, 0.3) is 5.91 Å². The number of hydrogen-bond acceptors (Lipinski definition) is 3. The number of anilines is 1. The van der Waals surface area contributed by atoms with Crippen molar-refractivity contribution < 1.29 is 27.6 Å². The van der Waals surface area contributed by atoms with Crippen molar-refractivity contribution in [3.8, 4) is 5.75 Å². The molecular weight excluding hydrogens is 395 g/mol. The molecule has 2 aromatic carbocycles. The highest BCUT2D eigenvalue weighted by atomic mass is 19.4. The van der Waals surface area contributed by atoms with E-state index in [1.165, 1.54) is 12.1 Å². The van der Waals surface area contributed by atoms with Crippen molar-refractivity contribution in [3.05, 3.63) is 59.7 Å². The standard InChI is InChI=1S/C22H26F3N3O2/c1-30-20-7-5-17(6-8-20)9-10-26-21(29)16-27-11-13-28(14-12-27)19-4-2-3-18(15-19)22(23,24)25/h2-8,15H,9-14,16H2,1H3,(H,26,29)/p+1. The zero-order chi connectivity index (χ0) is 21.6. The van der Waals surface area contributed by atoms with Gasteiger partial charge in [-0.15, -0.1) is 0 Å². The minimum atomic E-state index is -4.34. The zero-order valence-corrected chi connectivity index (χ0v) is 17.0. The number of rotatable bonds is 7. The third kappa shape index (κ3) is 6.13. The lowest BCUT2D eigenvalue weighted by molar-refractivity contribution is -0.892. The van der Waals surface area contributed by atoms with E-state index in [0.29, 0.717) is 45.0 Å². The minimum absolute atomic E-state index is 0.00831. The molecule has 1 amide bonds. The maximum Gasteiger partial charge on any atom is 0.416 e. The molecule has 1 fully saturated rings. The molecule has 0 unspecified atom stereocenters. The number of nitrogens with zero attached hydrogens (tertiary/aromatic N) is 1. The van der Waals surface area contributed by atoms with Crippen molar-refractivity contribution in [2.24, 2.45) is 0 Å². The molecule has 2 N–H and O–H groups in total. The average molecular weight is 422 g/mol. The lowest BCUT2D eigenvalue weighted by Gasteiger charge is -2.33. The second-order valence-electron chi connectivity index (χ2n) is 7.41. The van der Waals surface area contributed by atoms with Gasteiger partial charge in [0.2, 0.25) is 0 Å². The molecule has 162 valence electrons. The average Bonchev–Trinajstić information content (AvgIpc) is 2.74. The molecule has 8 heteroatoms. The number of carbonyl (C=O) groups excluding carboxylic acids is 1. The molecule has 1 aliphatic rings. The number of methoxy groups -OCH3 is 1. The van der Waals surface area contributed by atoms with Gasteiger partial charge in [-0.3, -0.25) is 4.79 Å². The van der Waals surface area contributed by atoms with E-state index in [0.717, 1.165) is 28.7 Å². The summed E-state index contributed by atoms with van der Waals surface area (Å²) in [5.41, 5.74) is 1.07. The van der Waals surface area contributed by atoms with Gasteiger partial charge in [0, 0.05) is 12.2 Å². The Labute approximate surface area is 174 Å². The fourth-order valence-corrected chi connectivity index (χ4v) is 3.56. The Morgan fingerprint density at radius 1 is 1.13 bits per heavy atom. The van der Waals surface area contributed by atoms with E-state index in [1.54, 1.807) is 13.2 Å². The normalized spacial score (nSPS) is 15.1. The Kier molecular flexibility index (Phi) is 7.20. The first-order valence-electron chi connectivity index (χ1n) is 10.0. The van der Waals surface area contributed by atoms with Gasteiger partial charge in [0.05, 0.1) is 38.9 Å². The highest BCUT2D eigenvalue weighted by molar-refractivity contribution is 5.76. The second kappa shape index (κ2) is 9.84.